The fourth-order valence-corrected chi connectivity index (χ4v) is 2.35. The molecule has 0 spiro atoms. The molecule has 0 atom stereocenters. The highest BCUT2D eigenvalue weighted by atomic mass is 16.6. The highest BCUT2D eigenvalue weighted by Gasteiger charge is 2.27. The summed E-state index contributed by atoms with van der Waals surface area (Å²) in [4.78, 5) is 14.2. The Bertz CT molecular complexity index is 927. The number of carbonyl (C=O) groups excluding carboxylic acids is 1. The van der Waals surface area contributed by atoms with Crippen molar-refractivity contribution in [2.45, 2.75) is 19.3 Å². The van der Waals surface area contributed by atoms with E-state index in [0.717, 1.165) is 0 Å². The number of nitrogens with zero attached hydrogens (tertiary/aromatic N) is 3. The van der Waals surface area contributed by atoms with Gasteiger partial charge in [-0.25, -0.2) is 9.69 Å². The van der Waals surface area contributed by atoms with E-state index >= 15 is 0 Å². The van der Waals surface area contributed by atoms with E-state index in [-0.39, 0.29) is 0 Å². The van der Waals surface area contributed by atoms with E-state index in [1.54, 1.807) is 56.3 Å². The highest BCUT2D eigenvalue weighted by molar-refractivity contribution is 5.96. The van der Waals surface area contributed by atoms with Gasteiger partial charge in [-0.2, -0.15) is 10.4 Å². The summed E-state index contributed by atoms with van der Waals surface area (Å²) in [5.41, 5.74) is 0.474. The smallest absolute Gasteiger partial charge is 0.410 e. The molecule has 26 heavy (non-hydrogen) atoms. The number of aromatic nitrogens is 2. The lowest BCUT2D eigenvalue weighted by Crippen LogP contribution is -2.29. The van der Waals surface area contributed by atoms with Gasteiger partial charge in [0.15, 0.2) is 5.82 Å². The third-order valence-corrected chi connectivity index (χ3v) is 3.89. The van der Waals surface area contributed by atoms with Crippen molar-refractivity contribution in [3.8, 4) is 11.8 Å². The molecule has 1 aromatic heterocycles. The Hall–Kier alpha value is -3.59. The number of anilines is 2. The van der Waals surface area contributed by atoms with Crippen LogP contribution in [0.15, 0.2) is 66.7 Å². The zero-order valence-electron chi connectivity index (χ0n) is 14.5. The zero-order chi connectivity index (χ0) is 18.6. The van der Waals surface area contributed by atoms with Gasteiger partial charge < -0.3 is 4.74 Å². The van der Waals surface area contributed by atoms with Crippen LogP contribution in [0.25, 0.3) is 0 Å². The second-order valence-corrected chi connectivity index (χ2v) is 6.23. The summed E-state index contributed by atoms with van der Waals surface area (Å²) in [5.74, 6) is 0.794. The van der Waals surface area contributed by atoms with E-state index in [0.29, 0.717) is 22.9 Å². The van der Waals surface area contributed by atoms with Crippen LogP contribution in [0.2, 0.25) is 0 Å². The minimum atomic E-state index is -0.753. The Morgan fingerprint density at radius 1 is 1.12 bits per heavy atom. The molecular weight excluding hydrogens is 328 g/mol. The lowest BCUT2D eigenvalue weighted by molar-refractivity contribution is 0.210. The van der Waals surface area contributed by atoms with Gasteiger partial charge in [-0.05, 0) is 38.1 Å². The number of nitriles is 1. The number of H-pyrrole nitrogens is 1. The van der Waals surface area contributed by atoms with Crippen LogP contribution in [0.1, 0.15) is 19.5 Å². The van der Waals surface area contributed by atoms with Crippen molar-refractivity contribution < 1.29 is 9.53 Å². The quantitative estimate of drug-likeness (QED) is 0.751. The number of rotatable bonds is 4. The van der Waals surface area contributed by atoms with Crippen LogP contribution < -0.4 is 9.64 Å². The van der Waals surface area contributed by atoms with E-state index in [2.05, 4.69) is 16.3 Å². The first-order chi connectivity index (χ1) is 12.5. The van der Waals surface area contributed by atoms with Crippen molar-refractivity contribution in [3.63, 3.8) is 0 Å². The number of para-hydroxylation sites is 2. The molecule has 3 rings (SSSR count). The van der Waals surface area contributed by atoms with Gasteiger partial charge in [-0.15, -0.1) is 0 Å². The van der Waals surface area contributed by atoms with Gasteiger partial charge in [0.2, 0.25) is 0 Å². The molecule has 0 bridgehead atoms. The van der Waals surface area contributed by atoms with Crippen molar-refractivity contribution in [2.75, 3.05) is 4.90 Å². The molecular formula is C20H18N4O2. The summed E-state index contributed by atoms with van der Waals surface area (Å²) < 4.78 is 5.47. The van der Waals surface area contributed by atoms with E-state index < -0.39 is 11.5 Å². The van der Waals surface area contributed by atoms with Gasteiger partial charge in [-0.3, -0.25) is 5.10 Å². The van der Waals surface area contributed by atoms with Crippen molar-refractivity contribution in [3.05, 3.63) is 72.4 Å². The fourth-order valence-electron chi connectivity index (χ4n) is 2.35. The van der Waals surface area contributed by atoms with Gasteiger partial charge in [0.05, 0.1) is 22.9 Å². The lowest BCUT2D eigenvalue weighted by atomic mass is 9.92. The van der Waals surface area contributed by atoms with Crippen molar-refractivity contribution >= 4 is 17.6 Å². The SMILES string of the molecule is CC(C)(C#N)c1cc(N(C(=O)Oc2ccccc2)c2ccccc2)n[nH]1. The normalized spacial score (nSPS) is 10.8. The number of hydrogen-bond acceptors (Lipinski definition) is 4. The van der Waals surface area contributed by atoms with E-state index in [1.807, 2.05) is 24.3 Å². The highest BCUT2D eigenvalue weighted by Crippen LogP contribution is 2.29. The van der Waals surface area contributed by atoms with Crippen LogP contribution in [0.5, 0.6) is 5.75 Å². The van der Waals surface area contributed by atoms with E-state index in [1.165, 1.54) is 4.90 Å². The zero-order valence-corrected chi connectivity index (χ0v) is 14.5. The molecule has 3 aromatic rings. The molecule has 1 N–H and O–H groups in total. The molecule has 0 radical (unpaired) electrons. The molecule has 0 saturated carbocycles. The Balaban J connectivity index is 1.97. The van der Waals surface area contributed by atoms with Gasteiger partial charge in [0.1, 0.15) is 5.75 Å². The number of nitrogens with one attached hydrogen (secondary N) is 1. The summed E-state index contributed by atoms with van der Waals surface area (Å²) in [5, 5.41) is 16.4. The van der Waals surface area contributed by atoms with Crippen LogP contribution in [-0.4, -0.2) is 16.3 Å². The largest absolute Gasteiger partial charge is 0.425 e. The number of aromatic amines is 1. The summed E-state index contributed by atoms with van der Waals surface area (Å²) in [6.45, 7) is 3.55. The molecule has 1 heterocycles. The first-order valence-corrected chi connectivity index (χ1v) is 8.10. The molecule has 130 valence electrons. The van der Waals surface area contributed by atoms with Gasteiger partial charge in [0.25, 0.3) is 0 Å². The minimum Gasteiger partial charge on any atom is -0.410 e. The Morgan fingerprint density at radius 2 is 1.73 bits per heavy atom. The predicted molar refractivity (Wildman–Crippen MR) is 98.3 cm³/mol. The Labute approximate surface area is 151 Å². The second kappa shape index (κ2) is 7.11. The maximum atomic E-state index is 12.8. The topological polar surface area (TPSA) is 82.0 Å². The third kappa shape index (κ3) is 3.57. The minimum absolute atomic E-state index is 0.357. The number of ether oxygens (including phenoxy) is 1. The number of carbonyl (C=O) groups is 1. The molecule has 0 saturated heterocycles. The monoisotopic (exact) mass is 346 g/mol. The maximum Gasteiger partial charge on any atom is 0.425 e. The number of hydrogen-bond donors (Lipinski definition) is 1. The predicted octanol–water partition coefficient (Wildman–Crippen LogP) is 4.55. The van der Waals surface area contributed by atoms with E-state index in [9.17, 15) is 10.1 Å². The molecule has 0 aliphatic heterocycles. The standard InChI is InChI=1S/C20H18N4O2/c1-20(2,14-21)17-13-18(23-22-17)24(15-9-5-3-6-10-15)19(25)26-16-11-7-4-8-12-16/h3-13H,1-2H3,(H,22,23). The molecule has 0 aliphatic carbocycles. The first-order valence-electron chi connectivity index (χ1n) is 8.10. The average Bonchev–Trinajstić information content (AvgIpc) is 3.14. The van der Waals surface area contributed by atoms with Crippen LogP contribution in [-0.2, 0) is 5.41 Å². The average molecular weight is 346 g/mol. The van der Waals surface area contributed by atoms with Gasteiger partial charge in [-0.1, -0.05) is 36.4 Å². The third-order valence-electron chi connectivity index (χ3n) is 3.89. The van der Waals surface area contributed by atoms with Crippen LogP contribution in [0, 0.1) is 11.3 Å². The molecule has 1 amide bonds. The molecule has 6 nitrogen and oxygen atoms in total. The van der Waals surface area contributed by atoms with Gasteiger partial charge in [0, 0.05) is 6.07 Å². The van der Waals surface area contributed by atoms with E-state index in [4.69, 9.17) is 4.74 Å². The second-order valence-electron chi connectivity index (χ2n) is 6.23. The molecule has 0 fully saturated rings. The molecule has 0 unspecified atom stereocenters. The van der Waals surface area contributed by atoms with Crippen molar-refractivity contribution in [1.29, 1.82) is 5.26 Å². The summed E-state index contributed by atoms with van der Waals surface area (Å²) in [6.07, 6.45) is -0.588. The van der Waals surface area contributed by atoms with Crippen LogP contribution >= 0.6 is 0 Å². The molecule has 2 aromatic carbocycles. The van der Waals surface area contributed by atoms with Crippen LogP contribution in [0.4, 0.5) is 16.3 Å². The number of benzene rings is 2. The molecule has 0 aliphatic rings. The lowest BCUT2D eigenvalue weighted by Gasteiger charge is -2.19. The first kappa shape index (κ1) is 17.2. The molecule has 6 heteroatoms. The van der Waals surface area contributed by atoms with Crippen LogP contribution in [0.3, 0.4) is 0 Å². The van der Waals surface area contributed by atoms with Crippen molar-refractivity contribution in [2.24, 2.45) is 0 Å². The van der Waals surface area contributed by atoms with Crippen molar-refractivity contribution in [1.82, 2.24) is 10.2 Å². The number of amides is 1. The summed E-state index contributed by atoms with van der Waals surface area (Å²) >= 11 is 0. The fraction of sp³-hybridized carbons (Fsp3) is 0.150. The summed E-state index contributed by atoms with van der Waals surface area (Å²) in [6, 6.07) is 21.8. The van der Waals surface area contributed by atoms with Gasteiger partial charge >= 0.3 is 6.09 Å². The Kier molecular flexibility index (Phi) is 4.72. The Morgan fingerprint density at radius 3 is 2.35 bits per heavy atom. The summed E-state index contributed by atoms with van der Waals surface area (Å²) in [7, 11) is 0. The maximum absolute atomic E-state index is 12.8.